The van der Waals surface area contributed by atoms with Gasteiger partial charge in [0.15, 0.2) is 0 Å². The largest absolute Gasteiger partial charge is 0.480 e. The number of carboxylic acid groups (broad SMARTS) is 1. The number of carbonyl (C=O) groups excluding carboxylic acids is 1. The van der Waals surface area contributed by atoms with Crippen molar-refractivity contribution in [2.45, 2.75) is 12.5 Å². The number of carbonyl (C=O) groups is 2. The molecule has 0 saturated heterocycles. The molecule has 0 spiro atoms. The fraction of sp³-hybridized carbons (Fsp3) is 0.273. The van der Waals surface area contributed by atoms with Crippen LogP contribution >= 0.6 is 11.6 Å². The van der Waals surface area contributed by atoms with Crippen molar-refractivity contribution in [2.24, 2.45) is 0 Å². The molecule has 0 fully saturated rings. The zero-order valence-corrected chi connectivity index (χ0v) is 9.65. The first-order chi connectivity index (χ1) is 8.02. The molecule has 0 heterocycles. The number of carboxylic acids is 1. The lowest BCUT2D eigenvalue weighted by molar-refractivity contribution is -0.142. The summed E-state index contributed by atoms with van der Waals surface area (Å²) in [5.74, 6) is -1.75. The van der Waals surface area contributed by atoms with Crippen LogP contribution in [0.3, 0.4) is 0 Å². The van der Waals surface area contributed by atoms with E-state index in [1.54, 1.807) is 24.3 Å². The van der Waals surface area contributed by atoms with E-state index in [-0.39, 0.29) is 6.42 Å². The topological polar surface area (TPSA) is 86.6 Å². The van der Waals surface area contributed by atoms with Gasteiger partial charge in [-0.2, -0.15) is 0 Å². The Labute approximate surface area is 103 Å². The highest BCUT2D eigenvalue weighted by Gasteiger charge is 2.18. The lowest BCUT2D eigenvalue weighted by Gasteiger charge is -2.11. The van der Waals surface area contributed by atoms with Gasteiger partial charge in [0, 0.05) is 5.02 Å². The summed E-state index contributed by atoms with van der Waals surface area (Å²) in [4.78, 5) is 22.0. The number of nitrogens with one attached hydrogen (secondary N) is 1. The van der Waals surface area contributed by atoms with Gasteiger partial charge in [0.2, 0.25) is 5.91 Å². The van der Waals surface area contributed by atoms with Crippen molar-refractivity contribution < 1.29 is 19.8 Å². The molecule has 17 heavy (non-hydrogen) atoms. The first-order valence-electron chi connectivity index (χ1n) is 4.90. The van der Waals surface area contributed by atoms with E-state index in [0.29, 0.717) is 10.6 Å². The summed E-state index contributed by atoms with van der Waals surface area (Å²) < 4.78 is 0. The molecule has 0 aliphatic heterocycles. The summed E-state index contributed by atoms with van der Waals surface area (Å²) in [7, 11) is 0. The number of amides is 1. The summed E-state index contributed by atoms with van der Waals surface area (Å²) >= 11 is 5.75. The molecule has 0 saturated carbocycles. The van der Waals surface area contributed by atoms with Gasteiger partial charge in [-0.1, -0.05) is 23.7 Å². The molecule has 0 unspecified atom stereocenters. The number of rotatable bonds is 5. The number of benzene rings is 1. The van der Waals surface area contributed by atoms with Gasteiger partial charge < -0.3 is 15.5 Å². The number of aliphatic hydroxyl groups excluding tert-OH is 1. The van der Waals surface area contributed by atoms with E-state index in [0.717, 1.165) is 0 Å². The van der Waals surface area contributed by atoms with Crippen molar-refractivity contribution in [1.82, 2.24) is 5.32 Å². The van der Waals surface area contributed by atoms with Gasteiger partial charge >= 0.3 is 5.97 Å². The molecule has 5 nitrogen and oxygen atoms in total. The molecule has 1 aromatic rings. The molecule has 3 N–H and O–H groups in total. The van der Waals surface area contributed by atoms with Crippen molar-refractivity contribution in [1.29, 1.82) is 0 Å². The molecular weight excluding hydrogens is 246 g/mol. The van der Waals surface area contributed by atoms with Gasteiger partial charge in [0.05, 0.1) is 13.0 Å². The van der Waals surface area contributed by atoms with Gasteiger partial charge in [-0.15, -0.1) is 0 Å². The Kier molecular flexibility index (Phi) is 4.93. The molecule has 1 rings (SSSR count). The van der Waals surface area contributed by atoms with Crippen LogP contribution < -0.4 is 5.32 Å². The number of aliphatic hydroxyl groups is 1. The summed E-state index contributed by atoms with van der Waals surface area (Å²) in [6.45, 7) is -0.642. The van der Waals surface area contributed by atoms with E-state index in [9.17, 15) is 9.59 Å². The molecule has 0 radical (unpaired) electrons. The van der Waals surface area contributed by atoms with Crippen molar-refractivity contribution in [3.05, 3.63) is 34.9 Å². The fourth-order valence-electron chi connectivity index (χ4n) is 1.26. The second-order valence-corrected chi connectivity index (χ2v) is 3.88. The standard InChI is InChI=1S/C11H12ClNO4/c12-8-3-1-2-7(4-8)5-10(15)13-9(6-14)11(16)17/h1-4,9,14H,5-6H2,(H,13,15)(H,16,17)/t9-/m1/s1. The van der Waals surface area contributed by atoms with Crippen LogP contribution in [0.5, 0.6) is 0 Å². The zero-order valence-electron chi connectivity index (χ0n) is 8.89. The Hall–Kier alpha value is -1.59. The van der Waals surface area contributed by atoms with Crippen LogP contribution in [0.4, 0.5) is 0 Å². The summed E-state index contributed by atoms with van der Waals surface area (Å²) in [5, 5.41) is 20.1. The first kappa shape index (κ1) is 13.5. The minimum atomic E-state index is -1.28. The van der Waals surface area contributed by atoms with Crippen LogP contribution in [0.25, 0.3) is 0 Å². The van der Waals surface area contributed by atoms with Crippen LogP contribution in [-0.4, -0.2) is 34.7 Å². The normalized spacial score (nSPS) is 11.9. The summed E-state index contributed by atoms with van der Waals surface area (Å²) in [5.41, 5.74) is 0.678. The van der Waals surface area contributed by atoms with E-state index in [1.165, 1.54) is 0 Å². The molecule has 6 heteroatoms. The molecule has 1 atom stereocenters. The average Bonchev–Trinajstić information content (AvgIpc) is 2.25. The Morgan fingerprint density at radius 3 is 2.65 bits per heavy atom. The Morgan fingerprint density at radius 1 is 1.41 bits per heavy atom. The third kappa shape index (κ3) is 4.42. The molecule has 0 aliphatic rings. The number of halogens is 1. The fourth-order valence-corrected chi connectivity index (χ4v) is 1.48. The van der Waals surface area contributed by atoms with E-state index >= 15 is 0 Å². The third-order valence-corrected chi connectivity index (χ3v) is 2.30. The van der Waals surface area contributed by atoms with E-state index in [2.05, 4.69) is 5.32 Å². The van der Waals surface area contributed by atoms with E-state index < -0.39 is 24.5 Å². The highest BCUT2D eigenvalue weighted by Crippen LogP contribution is 2.10. The van der Waals surface area contributed by atoms with Gasteiger partial charge in [-0.3, -0.25) is 4.79 Å². The maximum Gasteiger partial charge on any atom is 0.328 e. The predicted octanol–water partition coefficient (Wildman–Crippen LogP) is 0.444. The third-order valence-electron chi connectivity index (χ3n) is 2.07. The van der Waals surface area contributed by atoms with Crippen molar-refractivity contribution in [2.75, 3.05) is 6.61 Å². The van der Waals surface area contributed by atoms with E-state index in [4.69, 9.17) is 21.8 Å². The lowest BCUT2D eigenvalue weighted by atomic mass is 10.1. The predicted molar refractivity (Wildman–Crippen MR) is 61.8 cm³/mol. The molecule has 0 aliphatic carbocycles. The van der Waals surface area contributed by atoms with Gasteiger partial charge in [0.1, 0.15) is 6.04 Å². The minimum Gasteiger partial charge on any atom is -0.480 e. The quantitative estimate of drug-likeness (QED) is 0.715. The molecular formula is C11H12ClNO4. The van der Waals surface area contributed by atoms with Crippen molar-refractivity contribution in [3.8, 4) is 0 Å². The maximum atomic E-state index is 11.5. The number of hydrogen-bond donors (Lipinski definition) is 3. The maximum absolute atomic E-state index is 11.5. The van der Waals surface area contributed by atoms with Gasteiger partial charge in [0.25, 0.3) is 0 Å². The van der Waals surface area contributed by atoms with E-state index in [1.807, 2.05) is 0 Å². The summed E-state index contributed by atoms with van der Waals surface area (Å²) in [6, 6.07) is 5.43. The van der Waals surface area contributed by atoms with Gasteiger partial charge in [-0.25, -0.2) is 4.79 Å². The smallest absolute Gasteiger partial charge is 0.328 e. The first-order valence-corrected chi connectivity index (χ1v) is 5.28. The van der Waals surface area contributed by atoms with Crippen LogP contribution in [0, 0.1) is 0 Å². The lowest BCUT2D eigenvalue weighted by Crippen LogP contribution is -2.43. The molecule has 1 amide bonds. The monoisotopic (exact) mass is 257 g/mol. The molecule has 0 aromatic heterocycles. The number of hydrogen-bond acceptors (Lipinski definition) is 3. The Bertz CT molecular complexity index is 422. The van der Waals surface area contributed by atoms with Crippen LogP contribution in [0.1, 0.15) is 5.56 Å². The SMILES string of the molecule is O=C(Cc1cccc(Cl)c1)N[C@H](CO)C(=O)O. The highest BCUT2D eigenvalue weighted by molar-refractivity contribution is 6.30. The second-order valence-electron chi connectivity index (χ2n) is 3.45. The Morgan fingerprint density at radius 2 is 2.12 bits per heavy atom. The Balaban J connectivity index is 2.58. The minimum absolute atomic E-state index is 0.0182. The van der Waals surface area contributed by atoms with Crippen LogP contribution in [0.15, 0.2) is 24.3 Å². The van der Waals surface area contributed by atoms with Crippen molar-refractivity contribution in [3.63, 3.8) is 0 Å². The zero-order chi connectivity index (χ0) is 12.8. The summed E-state index contributed by atoms with van der Waals surface area (Å²) in [6.07, 6.45) is 0.0182. The average molecular weight is 258 g/mol. The van der Waals surface area contributed by atoms with Crippen molar-refractivity contribution >= 4 is 23.5 Å². The second kappa shape index (κ2) is 6.22. The molecule has 1 aromatic carbocycles. The molecule has 92 valence electrons. The van der Waals surface area contributed by atoms with Crippen LogP contribution in [-0.2, 0) is 16.0 Å². The van der Waals surface area contributed by atoms with Gasteiger partial charge in [-0.05, 0) is 17.7 Å². The van der Waals surface area contributed by atoms with Crippen LogP contribution in [0.2, 0.25) is 5.02 Å². The highest BCUT2D eigenvalue weighted by atomic mass is 35.5. The molecule has 0 bridgehead atoms. The number of aliphatic carboxylic acids is 1.